The topological polar surface area (TPSA) is 59.0 Å². The highest BCUT2D eigenvalue weighted by Gasteiger charge is 2.35. The van der Waals surface area contributed by atoms with E-state index in [0.717, 1.165) is 0 Å². The van der Waals surface area contributed by atoms with E-state index >= 15 is 0 Å². The quantitative estimate of drug-likeness (QED) is 0.327. The van der Waals surface area contributed by atoms with Gasteiger partial charge in [0.2, 0.25) is 0 Å². The Morgan fingerprint density at radius 2 is 1.43 bits per heavy atom. The van der Waals surface area contributed by atoms with Crippen molar-refractivity contribution >= 4 is 7.60 Å². The van der Waals surface area contributed by atoms with Crippen LogP contribution in [0.4, 0.5) is 0 Å². The highest BCUT2D eigenvalue weighted by molar-refractivity contribution is 7.54. The van der Waals surface area contributed by atoms with E-state index in [0.29, 0.717) is 19.6 Å². The summed E-state index contributed by atoms with van der Waals surface area (Å²) in [5.74, 6) is 0. The lowest BCUT2D eigenvalue weighted by molar-refractivity contribution is 0.0955. The van der Waals surface area contributed by atoms with E-state index in [-0.39, 0.29) is 19.6 Å². The number of hydrogen-bond donors (Lipinski definition) is 1. The predicted molar refractivity (Wildman–Crippen MR) is 122 cm³/mol. The molecule has 0 aromatic heterocycles. The van der Waals surface area contributed by atoms with Crippen LogP contribution >= 0.6 is 7.60 Å². The molecule has 1 N–H and O–H groups in total. The Kier molecular flexibility index (Phi) is 10.5. The van der Waals surface area contributed by atoms with E-state index < -0.39 is 19.4 Å². The molecule has 0 aliphatic carbocycles. The molecule has 2 atom stereocenters. The van der Waals surface area contributed by atoms with Gasteiger partial charge >= 0.3 is 7.60 Å². The molecule has 2 aromatic carbocycles. The minimum atomic E-state index is -3.36. The lowest BCUT2D eigenvalue weighted by Gasteiger charge is -2.29. The largest absolute Gasteiger partial charge is 0.392 e. The summed E-state index contributed by atoms with van der Waals surface area (Å²) in [6.07, 6.45) is 1.14. The molecule has 0 heterocycles. The van der Waals surface area contributed by atoms with Gasteiger partial charge < -0.3 is 14.2 Å². The van der Waals surface area contributed by atoms with Crippen molar-refractivity contribution in [2.45, 2.75) is 45.1 Å². The zero-order valence-electron chi connectivity index (χ0n) is 18.0. The minimum Gasteiger partial charge on any atom is -0.392 e. The van der Waals surface area contributed by atoms with Crippen LogP contribution in [0.2, 0.25) is 0 Å². The maximum atomic E-state index is 13.1. The van der Waals surface area contributed by atoms with Crippen LogP contribution in [0.5, 0.6) is 0 Å². The molecule has 0 radical (unpaired) electrons. The van der Waals surface area contributed by atoms with Gasteiger partial charge in [-0.3, -0.25) is 9.46 Å². The summed E-state index contributed by atoms with van der Waals surface area (Å²) in [6.45, 7) is 9.79. The number of aliphatic hydroxyl groups excluding tert-OH is 1. The minimum absolute atomic E-state index is 0.265. The summed E-state index contributed by atoms with van der Waals surface area (Å²) in [7, 11) is -3.36. The molecule has 0 fully saturated rings. The maximum Gasteiger partial charge on any atom is 0.337 e. The summed E-state index contributed by atoms with van der Waals surface area (Å²) in [4.78, 5) is 2.20. The van der Waals surface area contributed by atoms with Gasteiger partial charge in [-0.2, -0.15) is 0 Å². The van der Waals surface area contributed by atoms with Gasteiger partial charge in [0.25, 0.3) is 0 Å². The molecular weight excluding hydrogens is 397 g/mol. The zero-order valence-corrected chi connectivity index (χ0v) is 18.9. The fourth-order valence-corrected chi connectivity index (χ4v) is 5.40. The summed E-state index contributed by atoms with van der Waals surface area (Å²) in [5.41, 5.74) is 1.80. The lowest BCUT2D eigenvalue weighted by Crippen LogP contribution is -2.33. The third-order valence-corrected chi connectivity index (χ3v) is 7.25. The fourth-order valence-electron chi connectivity index (χ4n) is 3.46. The molecule has 2 aromatic rings. The lowest BCUT2D eigenvalue weighted by atomic mass is 10.1. The number of nitrogens with zero attached hydrogens (tertiary/aromatic N) is 1. The van der Waals surface area contributed by atoms with Gasteiger partial charge in [-0.05, 0) is 31.4 Å². The van der Waals surface area contributed by atoms with Gasteiger partial charge in [0.05, 0.1) is 25.0 Å². The Morgan fingerprint density at radius 3 is 1.83 bits per heavy atom. The molecule has 2 unspecified atom stereocenters. The van der Waals surface area contributed by atoms with Crippen molar-refractivity contribution in [3.8, 4) is 0 Å². The predicted octanol–water partition coefficient (Wildman–Crippen LogP) is 5.26. The Labute approximate surface area is 180 Å². The Bertz CT molecular complexity index is 733. The van der Waals surface area contributed by atoms with E-state index in [2.05, 4.69) is 35.7 Å². The van der Waals surface area contributed by atoms with E-state index in [1.807, 2.05) is 36.4 Å². The third kappa shape index (κ3) is 7.82. The van der Waals surface area contributed by atoms with E-state index in [4.69, 9.17) is 9.05 Å². The molecule has 30 heavy (non-hydrogen) atoms. The number of aliphatic hydroxyl groups is 1. The van der Waals surface area contributed by atoms with Crippen molar-refractivity contribution in [3.05, 3.63) is 84.4 Å². The molecule has 2 rings (SSSR count). The molecule has 0 aliphatic rings. The van der Waals surface area contributed by atoms with Crippen LogP contribution in [0.1, 0.15) is 31.4 Å². The van der Waals surface area contributed by atoms with Crippen LogP contribution in [-0.2, 0) is 26.7 Å². The highest BCUT2D eigenvalue weighted by Crippen LogP contribution is 2.54. The van der Waals surface area contributed by atoms with E-state index in [1.54, 1.807) is 19.9 Å². The van der Waals surface area contributed by atoms with Crippen LogP contribution < -0.4 is 0 Å². The van der Waals surface area contributed by atoms with Crippen molar-refractivity contribution in [2.75, 3.05) is 19.8 Å². The van der Waals surface area contributed by atoms with Crippen molar-refractivity contribution in [1.82, 2.24) is 4.90 Å². The molecule has 0 amide bonds. The fraction of sp³-hybridized carbons (Fsp3) is 0.417. The zero-order chi connectivity index (χ0) is 21.8. The van der Waals surface area contributed by atoms with Gasteiger partial charge in [-0.15, -0.1) is 6.58 Å². The molecule has 6 heteroatoms. The van der Waals surface area contributed by atoms with Crippen molar-refractivity contribution in [3.63, 3.8) is 0 Å². The summed E-state index contributed by atoms with van der Waals surface area (Å²) >= 11 is 0. The molecule has 5 nitrogen and oxygen atoms in total. The molecule has 0 aliphatic heterocycles. The normalized spacial score (nSPS) is 13.9. The van der Waals surface area contributed by atoms with E-state index in [1.165, 1.54) is 11.1 Å². The van der Waals surface area contributed by atoms with Crippen LogP contribution in [0.3, 0.4) is 0 Å². The summed E-state index contributed by atoms with van der Waals surface area (Å²) in [6, 6.07) is 20.4. The van der Waals surface area contributed by atoms with Gasteiger partial charge in [0.1, 0.15) is 0 Å². The molecule has 164 valence electrons. The SMILES string of the molecule is C=CC(CC(O)CN(Cc1ccccc1)Cc1ccccc1)P(=O)(OCC)OCC. The summed E-state index contributed by atoms with van der Waals surface area (Å²) < 4.78 is 24.0. The average Bonchev–Trinajstić information content (AvgIpc) is 2.73. The second kappa shape index (κ2) is 12.8. The van der Waals surface area contributed by atoms with Gasteiger partial charge in [-0.1, -0.05) is 66.7 Å². The molecule has 0 saturated heterocycles. The smallest absolute Gasteiger partial charge is 0.337 e. The first-order valence-corrected chi connectivity index (χ1v) is 12.1. The Hall–Kier alpha value is -1.75. The molecule has 0 spiro atoms. The number of hydrogen-bond acceptors (Lipinski definition) is 5. The second-order valence-corrected chi connectivity index (χ2v) is 9.47. The highest BCUT2D eigenvalue weighted by atomic mass is 31.2. The summed E-state index contributed by atoms with van der Waals surface area (Å²) in [5, 5.41) is 10.9. The van der Waals surface area contributed by atoms with Crippen molar-refractivity contribution in [2.24, 2.45) is 0 Å². The Morgan fingerprint density at radius 1 is 0.967 bits per heavy atom. The van der Waals surface area contributed by atoms with Crippen LogP contribution in [-0.4, -0.2) is 41.5 Å². The number of rotatable bonds is 14. The first-order chi connectivity index (χ1) is 14.5. The first kappa shape index (κ1) is 24.5. The monoisotopic (exact) mass is 431 g/mol. The molecular formula is C24H34NO4P. The third-order valence-electron chi connectivity index (χ3n) is 4.78. The first-order valence-electron chi connectivity index (χ1n) is 10.5. The van der Waals surface area contributed by atoms with Gasteiger partial charge in [0, 0.05) is 19.6 Å². The number of allylic oxidation sites excluding steroid dienone is 1. The number of benzene rings is 2. The molecule has 0 bridgehead atoms. The molecule has 0 saturated carbocycles. The van der Waals surface area contributed by atoms with E-state index in [9.17, 15) is 9.67 Å². The van der Waals surface area contributed by atoms with Crippen molar-refractivity contribution in [1.29, 1.82) is 0 Å². The average molecular weight is 432 g/mol. The second-order valence-electron chi connectivity index (χ2n) is 7.21. The van der Waals surface area contributed by atoms with Gasteiger partial charge in [-0.25, -0.2) is 0 Å². The van der Waals surface area contributed by atoms with Gasteiger partial charge in [0.15, 0.2) is 0 Å². The van der Waals surface area contributed by atoms with Crippen LogP contribution in [0.15, 0.2) is 73.3 Å². The van der Waals surface area contributed by atoms with Crippen LogP contribution in [0.25, 0.3) is 0 Å². The van der Waals surface area contributed by atoms with Crippen LogP contribution in [0, 0.1) is 0 Å². The Balaban J connectivity index is 2.10. The standard InChI is InChI=1S/C24H34NO4P/c1-4-24(30(27,28-5-2)29-6-3)17-23(26)20-25(18-21-13-9-7-10-14-21)19-22-15-11-8-12-16-22/h4,7-16,23-24,26H,1,5-6,17-20H2,2-3H3. The van der Waals surface area contributed by atoms with Crippen molar-refractivity contribution < 1.29 is 18.7 Å². The maximum absolute atomic E-state index is 13.1.